The first kappa shape index (κ1) is 34.7. The van der Waals surface area contributed by atoms with E-state index in [0.717, 1.165) is 0 Å². The molecule has 0 bridgehead atoms. The lowest BCUT2D eigenvalue weighted by Crippen LogP contribution is -2.17. The fraction of sp³-hybridized carbons (Fsp3) is 0.0968. The number of carboxylic acids is 1. The molecule has 4 rings (SSSR count). The number of hydrogen-bond donors (Lipinski definition) is 4. The van der Waals surface area contributed by atoms with Gasteiger partial charge in [-0.25, -0.2) is 9.68 Å². The zero-order chi connectivity index (χ0) is 33.2. The smallest absolute Gasteiger partial charge is 0.338 e. The number of rotatable bonds is 15. The molecule has 0 saturated heterocycles. The molecule has 0 aromatic heterocycles. The minimum atomic E-state index is -1.38. The van der Waals surface area contributed by atoms with Crippen LogP contribution < -0.4 is 20.4 Å². The molecule has 1 amide bonds. The third kappa shape index (κ3) is 9.18. The van der Waals surface area contributed by atoms with Crippen LogP contribution in [0.5, 0.6) is 11.5 Å². The highest BCUT2D eigenvalue weighted by Crippen LogP contribution is 2.30. The van der Waals surface area contributed by atoms with Gasteiger partial charge in [0, 0.05) is 26.9 Å². The predicted molar refractivity (Wildman–Crippen MR) is 173 cm³/mol. The van der Waals surface area contributed by atoms with Crippen LogP contribution in [0.2, 0.25) is 20.1 Å². The Morgan fingerprint density at radius 2 is 1.26 bits per heavy atom. The predicted octanol–water partition coefficient (Wildman–Crippen LogP) is 8.69. The Hall–Kier alpha value is -4.20. The van der Waals surface area contributed by atoms with Gasteiger partial charge in [-0.1, -0.05) is 53.0 Å². The minimum Gasteiger partial charge on any atom is -0.485 e. The number of ether oxygens (including phenoxy) is 1. The lowest BCUT2D eigenvalue weighted by Gasteiger charge is -2.14. The molecule has 15 heteroatoms. The Bertz CT molecular complexity index is 1720. The van der Waals surface area contributed by atoms with Crippen molar-refractivity contribution in [3.63, 3.8) is 0 Å². The fourth-order valence-corrected chi connectivity index (χ4v) is 4.83. The molecule has 0 aliphatic carbocycles. The normalized spacial score (nSPS) is 10.6. The summed E-state index contributed by atoms with van der Waals surface area (Å²) in [5, 5.41) is 21.5. The maximum atomic E-state index is 12.8. The van der Waals surface area contributed by atoms with E-state index in [0.29, 0.717) is 44.0 Å². The molecular formula is C31H24Cl4N2O9. The Morgan fingerprint density at radius 1 is 0.717 bits per heavy atom. The minimum absolute atomic E-state index is 0.0438. The van der Waals surface area contributed by atoms with Crippen LogP contribution >= 0.6 is 46.4 Å². The lowest BCUT2D eigenvalue weighted by molar-refractivity contribution is -0.253. The third-order valence-corrected chi connectivity index (χ3v) is 7.44. The van der Waals surface area contributed by atoms with E-state index < -0.39 is 17.4 Å². The van der Waals surface area contributed by atoms with Crippen LogP contribution in [-0.2, 0) is 27.8 Å². The van der Waals surface area contributed by atoms with Gasteiger partial charge in [-0.2, -0.15) is 0 Å². The molecule has 46 heavy (non-hydrogen) atoms. The monoisotopic (exact) mass is 708 g/mol. The van der Waals surface area contributed by atoms with Gasteiger partial charge < -0.3 is 15.2 Å². The quantitative estimate of drug-likeness (QED) is 0.0537. The number of amides is 1. The van der Waals surface area contributed by atoms with E-state index in [4.69, 9.17) is 71.0 Å². The molecule has 0 saturated carbocycles. The number of carboxylic acid groups (broad SMARTS) is 1. The number of benzene rings is 4. The molecule has 0 spiro atoms. The lowest BCUT2D eigenvalue weighted by atomic mass is 10.1. The number of hydrogen-bond acceptors (Lipinski definition) is 9. The third-order valence-electron chi connectivity index (χ3n) is 6.10. The van der Waals surface area contributed by atoms with Crippen LogP contribution in [0.4, 0.5) is 11.4 Å². The van der Waals surface area contributed by atoms with E-state index in [1.54, 1.807) is 60.7 Å². The van der Waals surface area contributed by atoms with Crippen LogP contribution in [0.25, 0.3) is 0 Å². The van der Waals surface area contributed by atoms with Crippen molar-refractivity contribution < 1.29 is 44.2 Å². The first-order chi connectivity index (χ1) is 22.1. The van der Waals surface area contributed by atoms with Crippen molar-refractivity contribution in [1.29, 1.82) is 0 Å². The maximum absolute atomic E-state index is 12.8. The van der Waals surface area contributed by atoms with E-state index in [1.807, 2.05) is 0 Å². The number of carbonyl (C=O) groups is 2. The summed E-state index contributed by atoms with van der Waals surface area (Å²) in [4.78, 5) is 44.6. The highest BCUT2D eigenvalue weighted by molar-refractivity contribution is 6.39. The highest BCUT2D eigenvalue weighted by Gasteiger charge is 2.23. The van der Waals surface area contributed by atoms with Crippen molar-refractivity contribution in [3.05, 3.63) is 127 Å². The zero-order valence-electron chi connectivity index (χ0n) is 23.5. The Morgan fingerprint density at radius 3 is 1.87 bits per heavy atom. The van der Waals surface area contributed by atoms with Crippen LogP contribution in [0.15, 0.2) is 85.1 Å². The molecule has 0 aliphatic heterocycles. The molecule has 0 aliphatic rings. The van der Waals surface area contributed by atoms with Crippen LogP contribution in [0.3, 0.4) is 0 Å². The van der Waals surface area contributed by atoms with Crippen LogP contribution in [0, 0.1) is 0 Å². The molecule has 4 aromatic rings. The molecule has 0 radical (unpaired) electrons. The van der Waals surface area contributed by atoms with Gasteiger partial charge in [-0.05, 0) is 72.8 Å². The largest absolute Gasteiger partial charge is 0.485 e. The summed E-state index contributed by atoms with van der Waals surface area (Å²) in [5.74, 6) is -1.15. The van der Waals surface area contributed by atoms with E-state index in [9.17, 15) is 14.7 Å². The molecule has 0 unspecified atom stereocenters. The summed E-state index contributed by atoms with van der Waals surface area (Å²) in [6, 6.07) is 18.7. The molecule has 240 valence electrons. The molecule has 0 heterocycles. The first-order valence-electron chi connectivity index (χ1n) is 13.0. The van der Waals surface area contributed by atoms with Gasteiger partial charge in [0.2, 0.25) is 0 Å². The van der Waals surface area contributed by atoms with Gasteiger partial charge in [0.05, 0.1) is 26.9 Å². The second-order valence-electron chi connectivity index (χ2n) is 9.23. The summed E-state index contributed by atoms with van der Waals surface area (Å²) >= 11 is 24.4. The van der Waals surface area contributed by atoms with Gasteiger partial charge in [0.1, 0.15) is 25.6 Å². The summed E-state index contributed by atoms with van der Waals surface area (Å²) < 4.78 is 5.63. The SMILES string of the molecule is C=C(COc1ccc(NC(=O)c2c(Cl)ccc(Cl)c2C(=O)O)cc1)OOc1ccc(NOCc2c(Cl)ccc(Cl)c2COO)cc1. The second kappa shape index (κ2) is 16.4. The zero-order valence-corrected chi connectivity index (χ0v) is 26.5. The van der Waals surface area contributed by atoms with Crippen molar-refractivity contribution >= 4 is 69.7 Å². The number of aromatic carboxylic acids is 1. The van der Waals surface area contributed by atoms with Crippen molar-refractivity contribution in [3.8, 4) is 11.5 Å². The highest BCUT2D eigenvalue weighted by atomic mass is 35.5. The van der Waals surface area contributed by atoms with Crippen molar-refractivity contribution in [2.75, 3.05) is 17.4 Å². The molecule has 4 aromatic carbocycles. The molecule has 0 fully saturated rings. The van der Waals surface area contributed by atoms with Gasteiger partial charge in [-0.15, -0.1) is 0 Å². The van der Waals surface area contributed by atoms with E-state index in [2.05, 4.69) is 22.3 Å². The number of carbonyl (C=O) groups excluding carboxylic acids is 1. The Labute approximate surface area is 282 Å². The number of halogens is 4. The van der Waals surface area contributed by atoms with Gasteiger partial charge >= 0.3 is 5.97 Å². The Kier molecular flexibility index (Phi) is 12.4. The van der Waals surface area contributed by atoms with E-state index in [-0.39, 0.29) is 41.2 Å². The average molecular weight is 710 g/mol. The van der Waals surface area contributed by atoms with E-state index >= 15 is 0 Å². The van der Waals surface area contributed by atoms with Crippen LogP contribution in [0.1, 0.15) is 31.8 Å². The standard InChI is InChI=1S/C31H24Cl4N2O9/c1-17(14-42-20-6-2-18(3-7-20)36-30(38)28-26(34)12-13-27(35)29(28)31(39)40)45-46-21-8-4-19(5-9-21)37-43-15-22-23(16-44-41)25(33)11-10-24(22)32/h2-13,37,41H,1,14-16H2,(H,36,38)(H,39,40). The van der Waals surface area contributed by atoms with Crippen molar-refractivity contribution in [2.45, 2.75) is 13.2 Å². The summed E-state index contributed by atoms with van der Waals surface area (Å²) in [5.41, 5.74) is 4.16. The topological polar surface area (TPSA) is 145 Å². The Balaban J connectivity index is 1.21. The fourth-order valence-electron chi connectivity index (χ4n) is 3.89. The average Bonchev–Trinajstić information content (AvgIpc) is 3.04. The number of anilines is 2. The summed E-state index contributed by atoms with van der Waals surface area (Å²) in [6.45, 7) is 3.61. The van der Waals surface area contributed by atoms with Crippen molar-refractivity contribution in [2.24, 2.45) is 0 Å². The van der Waals surface area contributed by atoms with Gasteiger partial charge in [0.15, 0.2) is 11.5 Å². The van der Waals surface area contributed by atoms with Crippen LogP contribution in [-0.4, -0.2) is 28.8 Å². The van der Waals surface area contributed by atoms with E-state index in [1.165, 1.54) is 12.1 Å². The van der Waals surface area contributed by atoms with Gasteiger partial charge in [-0.3, -0.25) is 30.1 Å². The van der Waals surface area contributed by atoms with Crippen molar-refractivity contribution in [1.82, 2.24) is 0 Å². The first-order valence-corrected chi connectivity index (χ1v) is 14.6. The molecular weight excluding hydrogens is 686 g/mol. The van der Waals surface area contributed by atoms with Gasteiger partial charge in [0.25, 0.3) is 5.91 Å². The molecule has 0 atom stereocenters. The summed E-state index contributed by atoms with van der Waals surface area (Å²) in [6.07, 6.45) is 0. The molecule has 4 N–H and O–H groups in total. The summed E-state index contributed by atoms with van der Waals surface area (Å²) in [7, 11) is 0. The second-order valence-corrected chi connectivity index (χ2v) is 10.9. The maximum Gasteiger partial charge on any atom is 0.338 e. The molecule has 11 nitrogen and oxygen atoms in total. The number of nitrogens with one attached hydrogen (secondary N) is 2.